The van der Waals surface area contributed by atoms with E-state index in [4.69, 9.17) is 4.98 Å². The van der Waals surface area contributed by atoms with Gasteiger partial charge in [0, 0.05) is 37.2 Å². The molecule has 0 amide bonds. The predicted octanol–water partition coefficient (Wildman–Crippen LogP) is 2.48. The highest BCUT2D eigenvalue weighted by atomic mass is 15.1. The van der Waals surface area contributed by atoms with Crippen LogP contribution < -0.4 is 5.32 Å². The lowest BCUT2D eigenvalue weighted by atomic mass is 9.95. The Bertz CT molecular complexity index is 396. The lowest BCUT2D eigenvalue weighted by molar-refractivity contribution is 0.440. The Hall–Kier alpha value is -0.830. The van der Waals surface area contributed by atoms with Crippen molar-refractivity contribution in [3.63, 3.8) is 0 Å². The molecule has 2 heterocycles. The molecule has 0 bridgehead atoms. The Balaban J connectivity index is 2.47. The van der Waals surface area contributed by atoms with Crippen LogP contribution in [0.4, 0.5) is 0 Å². The molecular formula is C14H25N3. The van der Waals surface area contributed by atoms with Crippen molar-refractivity contribution >= 4 is 0 Å². The fraction of sp³-hybridized carbons (Fsp3) is 0.786. The van der Waals surface area contributed by atoms with Crippen LogP contribution in [0.1, 0.15) is 51.8 Å². The molecule has 1 aromatic rings. The number of imidazole rings is 1. The number of fused-ring (bicyclic) bond motifs is 1. The van der Waals surface area contributed by atoms with Crippen LogP contribution in [0.3, 0.4) is 0 Å². The molecule has 0 radical (unpaired) electrons. The van der Waals surface area contributed by atoms with E-state index in [-0.39, 0.29) is 5.41 Å². The van der Waals surface area contributed by atoms with Gasteiger partial charge < -0.3 is 9.88 Å². The van der Waals surface area contributed by atoms with Crippen LogP contribution in [-0.4, -0.2) is 16.1 Å². The van der Waals surface area contributed by atoms with Crippen LogP contribution in [-0.2, 0) is 24.9 Å². The van der Waals surface area contributed by atoms with Crippen molar-refractivity contribution in [2.45, 2.75) is 59.5 Å². The second-order valence-corrected chi connectivity index (χ2v) is 6.51. The van der Waals surface area contributed by atoms with E-state index in [9.17, 15) is 0 Å². The lowest BCUT2D eigenvalue weighted by Gasteiger charge is -2.23. The molecule has 1 aliphatic heterocycles. The topological polar surface area (TPSA) is 29.9 Å². The van der Waals surface area contributed by atoms with E-state index in [2.05, 4.69) is 44.5 Å². The molecule has 3 heteroatoms. The van der Waals surface area contributed by atoms with Gasteiger partial charge in [-0.1, -0.05) is 34.6 Å². The van der Waals surface area contributed by atoms with E-state index >= 15 is 0 Å². The van der Waals surface area contributed by atoms with Gasteiger partial charge in [-0.3, -0.25) is 0 Å². The molecule has 2 rings (SSSR count). The zero-order valence-corrected chi connectivity index (χ0v) is 11.8. The van der Waals surface area contributed by atoms with E-state index in [1.165, 1.54) is 17.2 Å². The zero-order chi connectivity index (χ0) is 12.6. The number of hydrogen-bond donors (Lipinski definition) is 1. The summed E-state index contributed by atoms with van der Waals surface area (Å²) in [5, 5.41) is 3.41. The van der Waals surface area contributed by atoms with Crippen LogP contribution in [0.15, 0.2) is 0 Å². The van der Waals surface area contributed by atoms with Crippen LogP contribution in [0, 0.1) is 5.92 Å². The van der Waals surface area contributed by atoms with Crippen molar-refractivity contribution in [2.24, 2.45) is 5.92 Å². The Morgan fingerprint density at radius 3 is 2.65 bits per heavy atom. The summed E-state index contributed by atoms with van der Waals surface area (Å²) >= 11 is 0. The summed E-state index contributed by atoms with van der Waals surface area (Å²) in [6, 6.07) is 0. The van der Waals surface area contributed by atoms with Crippen molar-refractivity contribution in [1.29, 1.82) is 0 Å². The lowest BCUT2D eigenvalue weighted by Crippen LogP contribution is -2.26. The first-order valence-electron chi connectivity index (χ1n) is 6.69. The third kappa shape index (κ3) is 2.54. The fourth-order valence-corrected chi connectivity index (χ4v) is 2.51. The summed E-state index contributed by atoms with van der Waals surface area (Å²) in [4.78, 5) is 4.88. The Morgan fingerprint density at radius 1 is 1.35 bits per heavy atom. The van der Waals surface area contributed by atoms with Gasteiger partial charge in [0.2, 0.25) is 0 Å². The van der Waals surface area contributed by atoms with Gasteiger partial charge in [-0.05, 0) is 5.92 Å². The summed E-state index contributed by atoms with van der Waals surface area (Å²) in [6.07, 6.45) is 1.12. The molecule has 0 aliphatic carbocycles. The summed E-state index contributed by atoms with van der Waals surface area (Å²) < 4.78 is 2.47. The Morgan fingerprint density at radius 2 is 2.06 bits per heavy atom. The van der Waals surface area contributed by atoms with E-state index in [1.807, 2.05) is 0 Å². The maximum absolute atomic E-state index is 4.88. The van der Waals surface area contributed by atoms with E-state index in [1.54, 1.807) is 0 Å². The monoisotopic (exact) mass is 235 g/mol. The van der Waals surface area contributed by atoms with Gasteiger partial charge >= 0.3 is 0 Å². The summed E-state index contributed by atoms with van der Waals surface area (Å²) in [5.41, 5.74) is 2.86. The van der Waals surface area contributed by atoms with Crippen LogP contribution >= 0.6 is 0 Å². The second-order valence-electron chi connectivity index (χ2n) is 6.51. The van der Waals surface area contributed by atoms with Gasteiger partial charge in [-0.25, -0.2) is 4.98 Å². The Kier molecular flexibility index (Phi) is 3.30. The third-order valence-electron chi connectivity index (χ3n) is 3.21. The molecule has 0 saturated heterocycles. The molecule has 1 aliphatic rings. The van der Waals surface area contributed by atoms with Gasteiger partial charge in [0.15, 0.2) is 0 Å². The molecular weight excluding hydrogens is 210 g/mol. The number of rotatable bonds is 2. The molecule has 96 valence electrons. The summed E-state index contributed by atoms with van der Waals surface area (Å²) in [6.45, 7) is 14.4. The number of nitrogens with one attached hydrogen (secondary N) is 1. The first kappa shape index (κ1) is 12.6. The van der Waals surface area contributed by atoms with Crippen molar-refractivity contribution in [3.05, 3.63) is 17.2 Å². The largest absolute Gasteiger partial charge is 0.331 e. The second kappa shape index (κ2) is 4.45. The van der Waals surface area contributed by atoms with Gasteiger partial charge in [-0.15, -0.1) is 0 Å². The quantitative estimate of drug-likeness (QED) is 0.853. The zero-order valence-electron chi connectivity index (χ0n) is 11.8. The minimum absolute atomic E-state index is 0.131. The van der Waals surface area contributed by atoms with Crippen LogP contribution in [0.25, 0.3) is 0 Å². The first-order chi connectivity index (χ1) is 7.89. The maximum Gasteiger partial charge on any atom is 0.114 e. The number of hydrogen-bond acceptors (Lipinski definition) is 2. The highest BCUT2D eigenvalue weighted by molar-refractivity contribution is 5.23. The minimum Gasteiger partial charge on any atom is -0.331 e. The van der Waals surface area contributed by atoms with Crippen LogP contribution in [0.2, 0.25) is 0 Å². The molecule has 0 saturated carbocycles. The molecule has 0 fully saturated rings. The van der Waals surface area contributed by atoms with Crippen molar-refractivity contribution in [1.82, 2.24) is 14.9 Å². The standard InChI is InChI=1S/C14H25N3/c1-10(2)9-17-12-6-7-15-8-11(12)16-13(17)14(3,4)5/h10,15H,6-9H2,1-5H3. The average Bonchev–Trinajstić information content (AvgIpc) is 2.56. The highest BCUT2D eigenvalue weighted by Crippen LogP contribution is 2.27. The normalized spacial score (nSPS) is 16.4. The van der Waals surface area contributed by atoms with Gasteiger partial charge in [-0.2, -0.15) is 0 Å². The molecule has 3 nitrogen and oxygen atoms in total. The third-order valence-corrected chi connectivity index (χ3v) is 3.21. The maximum atomic E-state index is 4.88. The number of nitrogens with zero attached hydrogens (tertiary/aromatic N) is 2. The average molecular weight is 235 g/mol. The SMILES string of the molecule is CC(C)Cn1c(C(C)(C)C)nc2c1CCNC2. The van der Waals surface area contributed by atoms with Gasteiger partial charge in [0.05, 0.1) is 5.69 Å². The minimum atomic E-state index is 0.131. The van der Waals surface area contributed by atoms with Crippen LogP contribution in [0.5, 0.6) is 0 Å². The van der Waals surface area contributed by atoms with Crippen molar-refractivity contribution < 1.29 is 0 Å². The smallest absolute Gasteiger partial charge is 0.114 e. The summed E-state index contributed by atoms with van der Waals surface area (Å²) in [5.74, 6) is 1.92. The Labute approximate surface area is 105 Å². The molecule has 0 atom stereocenters. The van der Waals surface area contributed by atoms with Crippen molar-refractivity contribution in [3.8, 4) is 0 Å². The van der Waals surface area contributed by atoms with E-state index in [0.29, 0.717) is 5.92 Å². The fourth-order valence-electron chi connectivity index (χ4n) is 2.51. The van der Waals surface area contributed by atoms with Gasteiger partial charge in [0.1, 0.15) is 5.82 Å². The van der Waals surface area contributed by atoms with Crippen molar-refractivity contribution in [2.75, 3.05) is 6.54 Å². The molecule has 1 aromatic heterocycles. The molecule has 0 aromatic carbocycles. The van der Waals surface area contributed by atoms with E-state index in [0.717, 1.165) is 26.1 Å². The summed E-state index contributed by atoms with van der Waals surface area (Å²) in [7, 11) is 0. The molecule has 17 heavy (non-hydrogen) atoms. The predicted molar refractivity (Wildman–Crippen MR) is 71.2 cm³/mol. The highest BCUT2D eigenvalue weighted by Gasteiger charge is 2.27. The molecule has 1 N–H and O–H groups in total. The van der Waals surface area contributed by atoms with Gasteiger partial charge in [0.25, 0.3) is 0 Å². The first-order valence-corrected chi connectivity index (χ1v) is 6.69. The number of aromatic nitrogens is 2. The molecule has 0 spiro atoms. The molecule has 0 unspecified atom stereocenters. The van der Waals surface area contributed by atoms with E-state index < -0.39 is 0 Å².